The Hall–Kier alpha value is -0.640. The van der Waals surface area contributed by atoms with Crippen molar-refractivity contribution in [2.45, 2.75) is 38.7 Å². The Morgan fingerprint density at radius 1 is 1.33 bits per heavy atom. The molecule has 0 aliphatic rings. The van der Waals surface area contributed by atoms with Gasteiger partial charge in [-0.15, -0.1) is 0 Å². The first-order chi connectivity index (χ1) is 8.47. The second-order valence-corrected chi connectivity index (χ2v) is 5.42. The van der Waals surface area contributed by atoms with Crippen molar-refractivity contribution >= 4 is 11.6 Å². The molecular formula is C14H21ClFNO. The highest BCUT2D eigenvalue weighted by Crippen LogP contribution is 2.31. The van der Waals surface area contributed by atoms with Gasteiger partial charge in [0.2, 0.25) is 0 Å². The first-order valence-corrected chi connectivity index (χ1v) is 6.67. The van der Waals surface area contributed by atoms with Crippen LogP contribution in [0.2, 0.25) is 5.02 Å². The third kappa shape index (κ3) is 3.94. The van der Waals surface area contributed by atoms with Gasteiger partial charge in [-0.3, -0.25) is 0 Å². The van der Waals surface area contributed by atoms with Gasteiger partial charge in [-0.1, -0.05) is 31.5 Å². The molecular weight excluding hydrogens is 253 g/mol. The van der Waals surface area contributed by atoms with Crippen LogP contribution in [0.15, 0.2) is 18.2 Å². The summed E-state index contributed by atoms with van der Waals surface area (Å²) in [5.41, 5.74) is 6.00. The van der Waals surface area contributed by atoms with Crippen LogP contribution in [0.3, 0.4) is 0 Å². The van der Waals surface area contributed by atoms with Crippen molar-refractivity contribution in [3.63, 3.8) is 0 Å². The third-order valence-electron chi connectivity index (χ3n) is 3.13. The van der Waals surface area contributed by atoms with Crippen molar-refractivity contribution in [1.82, 2.24) is 0 Å². The number of halogens is 2. The molecule has 1 aromatic carbocycles. The van der Waals surface area contributed by atoms with Crippen LogP contribution in [-0.2, 0) is 0 Å². The first kappa shape index (κ1) is 15.4. The molecule has 0 fully saturated rings. The fourth-order valence-electron chi connectivity index (χ4n) is 2.04. The zero-order valence-electron chi connectivity index (χ0n) is 10.9. The van der Waals surface area contributed by atoms with Crippen molar-refractivity contribution < 1.29 is 9.50 Å². The summed E-state index contributed by atoms with van der Waals surface area (Å²) in [6.07, 6.45) is 0.820. The van der Waals surface area contributed by atoms with Crippen LogP contribution in [0.25, 0.3) is 0 Å². The maximum atomic E-state index is 13.8. The molecule has 18 heavy (non-hydrogen) atoms. The predicted octanol–water partition coefficient (Wildman–Crippen LogP) is 3.32. The minimum atomic E-state index is -0.660. The van der Waals surface area contributed by atoms with Crippen LogP contribution in [0.5, 0.6) is 0 Å². The highest BCUT2D eigenvalue weighted by atomic mass is 35.5. The highest BCUT2D eigenvalue weighted by Gasteiger charge is 2.25. The fraction of sp³-hybridized carbons (Fsp3) is 0.571. The lowest BCUT2D eigenvalue weighted by molar-refractivity contribution is 0.127. The molecule has 0 saturated carbocycles. The van der Waals surface area contributed by atoms with Crippen LogP contribution in [0, 0.1) is 11.7 Å². The van der Waals surface area contributed by atoms with Gasteiger partial charge in [0.05, 0.1) is 6.10 Å². The van der Waals surface area contributed by atoms with Gasteiger partial charge in [-0.2, -0.15) is 0 Å². The Labute approximate surface area is 113 Å². The molecule has 3 N–H and O–H groups in total. The van der Waals surface area contributed by atoms with Gasteiger partial charge in [-0.05, 0) is 30.9 Å². The van der Waals surface area contributed by atoms with Crippen molar-refractivity contribution in [3.05, 3.63) is 34.6 Å². The Morgan fingerprint density at radius 2 is 2.00 bits per heavy atom. The molecule has 0 aliphatic heterocycles. The molecule has 0 amide bonds. The van der Waals surface area contributed by atoms with E-state index in [-0.39, 0.29) is 6.54 Å². The molecule has 0 radical (unpaired) electrons. The number of aliphatic hydroxyl groups excluding tert-OH is 1. The van der Waals surface area contributed by atoms with E-state index in [9.17, 15) is 9.50 Å². The molecule has 4 heteroatoms. The van der Waals surface area contributed by atoms with Crippen LogP contribution >= 0.6 is 11.6 Å². The number of rotatable bonds is 6. The topological polar surface area (TPSA) is 46.2 Å². The van der Waals surface area contributed by atoms with E-state index < -0.39 is 17.8 Å². The monoisotopic (exact) mass is 273 g/mol. The van der Waals surface area contributed by atoms with E-state index >= 15 is 0 Å². The summed E-state index contributed by atoms with van der Waals surface area (Å²) in [5, 5.41) is 10.5. The molecule has 0 heterocycles. The lowest BCUT2D eigenvalue weighted by atomic mass is 9.89. The van der Waals surface area contributed by atoms with Gasteiger partial charge in [0.25, 0.3) is 0 Å². The second-order valence-electron chi connectivity index (χ2n) is 5.02. The Bertz CT molecular complexity index is 364. The zero-order valence-corrected chi connectivity index (χ0v) is 11.6. The first-order valence-electron chi connectivity index (χ1n) is 6.29. The van der Waals surface area contributed by atoms with Crippen molar-refractivity contribution in [3.8, 4) is 0 Å². The maximum Gasteiger partial charge on any atom is 0.128 e. The highest BCUT2D eigenvalue weighted by molar-refractivity contribution is 6.31. The average Bonchev–Trinajstić information content (AvgIpc) is 2.31. The molecule has 2 nitrogen and oxygen atoms in total. The Morgan fingerprint density at radius 3 is 2.50 bits per heavy atom. The molecule has 1 aromatic rings. The molecule has 0 spiro atoms. The van der Waals surface area contributed by atoms with Gasteiger partial charge in [0.15, 0.2) is 0 Å². The van der Waals surface area contributed by atoms with E-state index in [0.29, 0.717) is 22.9 Å². The largest absolute Gasteiger partial charge is 0.392 e. The molecule has 0 aromatic heterocycles. The third-order valence-corrected chi connectivity index (χ3v) is 3.46. The lowest BCUT2D eigenvalue weighted by Crippen LogP contribution is -2.27. The number of benzene rings is 1. The van der Waals surface area contributed by atoms with E-state index in [2.05, 4.69) is 13.8 Å². The SMILES string of the molecule is CC(C)CCC(O)C(CN)c1c(F)cccc1Cl. The standard InChI is InChI=1S/C14H21ClFNO/c1-9(2)6-7-13(18)10(8-17)14-11(15)4-3-5-12(14)16/h3-5,9-10,13,18H,6-8,17H2,1-2H3. The summed E-state index contributed by atoms with van der Waals surface area (Å²) in [6.45, 7) is 4.35. The fourth-order valence-corrected chi connectivity index (χ4v) is 2.34. The molecule has 0 saturated heterocycles. The normalized spacial score (nSPS) is 14.8. The number of nitrogens with two attached hydrogens (primary N) is 1. The van der Waals surface area contributed by atoms with Crippen molar-refractivity contribution in [1.29, 1.82) is 0 Å². The number of hydrogen-bond donors (Lipinski definition) is 2. The number of hydrogen-bond acceptors (Lipinski definition) is 2. The van der Waals surface area contributed by atoms with Gasteiger partial charge in [0, 0.05) is 23.0 Å². The van der Waals surface area contributed by atoms with Gasteiger partial charge in [0.1, 0.15) is 5.82 Å². The lowest BCUT2D eigenvalue weighted by Gasteiger charge is -2.24. The molecule has 0 bridgehead atoms. The van der Waals surface area contributed by atoms with Crippen molar-refractivity contribution in [2.75, 3.05) is 6.54 Å². The number of aliphatic hydroxyl groups is 1. The van der Waals surface area contributed by atoms with E-state index in [1.807, 2.05) is 0 Å². The molecule has 2 atom stereocenters. The average molecular weight is 274 g/mol. The van der Waals surface area contributed by atoms with Crippen LogP contribution in [0.4, 0.5) is 4.39 Å². The molecule has 2 unspecified atom stereocenters. The van der Waals surface area contributed by atoms with Gasteiger partial charge in [-0.25, -0.2) is 4.39 Å². The summed E-state index contributed by atoms with van der Waals surface area (Å²) in [5.74, 6) is -0.354. The van der Waals surface area contributed by atoms with E-state index in [1.165, 1.54) is 6.07 Å². The van der Waals surface area contributed by atoms with E-state index in [1.54, 1.807) is 12.1 Å². The second kappa shape index (κ2) is 7.07. The maximum absolute atomic E-state index is 13.8. The Kier molecular flexibility index (Phi) is 6.06. The summed E-state index contributed by atoms with van der Waals surface area (Å²) in [7, 11) is 0. The van der Waals surface area contributed by atoms with Gasteiger partial charge >= 0.3 is 0 Å². The van der Waals surface area contributed by atoms with Crippen LogP contribution < -0.4 is 5.73 Å². The summed E-state index contributed by atoms with van der Waals surface area (Å²) >= 11 is 6.00. The summed E-state index contributed by atoms with van der Waals surface area (Å²) in [4.78, 5) is 0. The van der Waals surface area contributed by atoms with Crippen molar-refractivity contribution in [2.24, 2.45) is 11.7 Å². The van der Waals surface area contributed by atoms with Crippen LogP contribution in [0.1, 0.15) is 38.2 Å². The molecule has 1 rings (SSSR count). The smallest absolute Gasteiger partial charge is 0.128 e. The van der Waals surface area contributed by atoms with E-state index in [4.69, 9.17) is 17.3 Å². The minimum absolute atomic E-state index is 0.180. The predicted molar refractivity (Wildman–Crippen MR) is 73.3 cm³/mol. The molecule has 102 valence electrons. The van der Waals surface area contributed by atoms with Gasteiger partial charge < -0.3 is 10.8 Å². The van der Waals surface area contributed by atoms with E-state index in [0.717, 1.165) is 6.42 Å². The quantitative estimate of drug-likeness (QED) is 0.835. The molecule has 0 aliphatic carbocycles. The minimum Gasteiger partial charge on any atom is -0.392 e. The zero-order chi connectivity index (χ0) is 13.7. The Balaban J connectivity index is 2.88. The summed E-state index contributed by atoms with van der Waals surface area (Å²) < 4.78 is 13.8. The van der Waals surface area contributed by atoms with Crippen LogP contribution in [-0.4, -0.2) is 17.8 Å². The summed E-state index contributed by atoms with van der Waals surface area (Å²) in [6, 6.07) is 4.52.